The van der Waals surface area contributed by atoms with Crippen LogP contribution in [-0.4, -0.2) is 25.7 Å². The summed E-state index contributed by atoms with van der Waals surface area (Å²) in [7, 11) is 1.63. The number of ether oxygens (including phenoxy) is 2. The lowest BCUT2D eigenvalue weighted by Crippen LogP contribution is -2.42. The van der Waals surface area contributed by atoms with Gasteiger partial charge >= 0.3 is 0 Å². The van der Waals surface area contributed by atoms with Crippen molar-refractivity contribution in [3.05, 3.63) is 58.1 Å². The lowest BCUT2D eigenvalue weighted by atomic mass is 9.68. The van der Waals surface area contributed by atoms with Crippen LogP contribution in [-0.2, 0) is 14.9 Å². The van der Waals surface area contributed by atoms with E-state index in [4.69, 9.17) is 32.7 Å². The summed E-state index contributed by atoms with van der Waals surface area (Å²) in [5, 5.41) is 4.20. The second kappa shape index (κ2) is 9.84. The quantitative estimate of drug-likeness (QED) is 0.558. The van der Waals surface area contributed by atoms with Gasteiger partial charge in [0.05, 0.1) is 17.0 Å². The maximum Gasteiger partial charge on any atom is 0.235 e. The van der Waals surface area contributed by atoms with Gasteiger partial charge in [-0.05, 0) is 55.7 Å². The average Bonchev–Trinajstić information content (AvgIpc) is 2.71. The van der Waals surface area contributed by atoms with E-state index in [1.807, 2.05) is 37.3 Å². The van der Waals surface area contributed by atoms with Gasteiger partial charge in [-0.1, -0.05) is 54.6 Å². The molecular formula is C23H27Cl2NO3. The molecule has 1 aliphatic carbocycles. The number of anilines is 1. The Morgan fingerprint density at radius 1 is 1.10 bits per heavy atom. The first-order chi connectivity index (χ1) is 13.9. The maximum absolute atomic E-state index is 13.4. The number of nitrogens with one attached hydrogen (secondary N) is 1. The maximum atomic E-state index is 13.4. The number of halogens is 2. The zero-order valence-electron chi connectivity index (χ0n) is 16.8. The third kappa shape index (κ3) is 5.25. The molecule has 0 saturated heterocycles. The highest BCUT2D eigenvalue weighted by atomic mass is 35.5. The highest BCUT2D eigenvalue weighted by molar-refractivity contribution is 6.32. The molecule has 0 bridgehead atoms. The van der Waals surface area contributed by atoms with Gasteiger partial charge in [0, 0.05) is 17.8 Å². The summed E-state index contributed by atoms with van der Waals surface area (Å²) in [5.41, 5.74) is 1.13. The number of carbonyl (C=O) groups excluding carboxylic acids is 1. The molecule has 156 valence electrons. The van der Waals surface area contributed by atoms with Gasteiger partial charge in [-0.3, -0.25) is 4.79 Å². The fraction of sp³-hybridized carbons (Fsp3) is 0.435. The normalized spacial score (nSPS) is 16.8. The topological polar surface area (TPSA) is 47.6 Å². The molecule has 4 nitrogen and oxygen atoms in total. The number of hydrogen-bond donors (Lipinski definition) is 1. The number of amides is 1. The van der Waals surface area contributed by atoms with E-state index in [9.17, 15) is 4.79 Å². The van der Waals surface area contributed by atoms with E-state index >= 15 is 0 Å². The van der Waals surface area contributed by atoms with Gasteiger partial charge < -0.3 is 14.8 Å². The largest absolute Gasteiger partial charge is 0.487 e. The number of hydrogen-bond acceptors (Lipinski definition) is 3. The van der Waals surface area contributed by atoms with Crippen molar-refractivity contribution in [3.63, 3.8) is 0 Å². The van der Waals surface area contributed by atoms with E-state index in [1.165, 1.54) is 0 Å². The monoisotopic (exact) mass is 435 g/mol. The molecule has 0 aromatic heterocycles. The molecule has 1 amide bonds. The van der Waals surface area contributed by atoms with Crippen LogP contribution in [0.3, 0.4) is 0 Å². The SMILES string of the molecule is COC[C@H](C)Oc1ccc(NC(=O)C2(c3ccc(Cl)cc3)CCCCC2)cc1Cl. The van der Waals surface area contributed by atoms with E-state index in [-0.39, 0.29) is 12.0 Å². The molecule has 0 aliphatic heterocycles. The van der Waals surface area contributed by atoms with Gasteiger partial charge in [-0.25, -0.2) is 0 Å². The molecule has 0 spiro atoms. The standard InChI is InChI=1S/C23H27Cl2NO3/c1-16(15-28-2)29-21-11-10-19(14-20(21)25)26-22(27)23(12-4-3-5-13-23)17-6-8-18(24)9-7-17/h6-11,14,16H,3-5,12-13,15H2,1-2H3,(H,26,27)/t16-/m0/s1. The summed E-state index contributed by atoms with van der Waals surface area (Å²) >= 11 is 12.4. The van der Waals surface area contributed by atoms with Crippen LogP contribution in [0.2, 0.25) is 10.0 Å². The second-order valence-electron chi connectivity index (χ2n) is 7.63. The molecule has 6 heteroatoms. The summed E-state index contributed by atoms with van der Waals surface area (Å²) in [5.74, 6) is 0.566. The van der Waals surface area contributed by atoms with Gasteiger partial charge in [0.1, 0.15) is 11.9 Å². The van der Waals surface area contributed by atoms with Crippen molar-refractivity contribution in [1.82, 2.24) is 0 Å². The van der Waals surface area contributed by atoms with Crippen LogP contribution < -0.4 is 10.1 Å². The fourth-order valence-electron chi connectivity index (χ4n) is 3.98. The van der Waals surface area contributed by atoms with Crippen molar-refractivity contribution in [1.29, 1.82) is 0 Å². The highest BCUT2D eigenvalue weighted by Gasteiger charge is 2.41. The molecule has 1 saturated carbocycles. The predicted molar refractivity (Wildman–Crippen MR) is 118 cm³/mol. The molecule has 1 fully saturated rings. The van der Waals surface area contributed by atoms with E-state index < -0.39 is 5.41 Å². The summed E-state index contributed by atoms with van der Waals surface area (Å²) in [6.45, 7) is 2.38. The van der Waals surface area contributed by atoms with Gasteiger partial charge in [0.2, 0.25) is 5.91 Å². The summed E-state index contributed by atoms with van der Waals surface area (Å²) in [4.78, 5) is 13.4. The minimum absolute atomic E-state index is 0.00277. The first-order valence-electron chi connectivity index (χ1n) is 9.97. The Bertz CT molecular complexity index is 833. The van der Waals surface area contributed by atoms with E-state index in [1.54, 1.807) is 19.2 Å². The summed E-state index contributed by atoms with van der Waals surface area (Å²) in [6.07, 6.45) is 4.74. The number of methoxy groups -OCH3 is 1. The molecule has 2 aromatic rings. The second-order valence-corrected chi connectivity index (χ2v) is 8.48. The Hall–Kier alpha value is -1.75. The first-order valence-corrected chi connectivity index (χ1v) is 10.7. The first kappa shape index (κ1) is 21.9. The van der Waals surface area contributed by atoms with E-state index in [2.05, 4.69) is 5.32 Å². The summed E-state index contributed by atoms with van der Waals surface area (Å²) in [6, 6.07) is 13.0. The zero-order valence-corrected chi connectivity index (χ0v) is 18.4. The van der Waals surface area contributed by atoms with Crippen molar-refractivity contribution >= 4 is 34.8 Å². The molecule has 0 heterocycles. The van der Waals surface area contributed by atoms with Gasteiger partial charge in [-0.15, -0.1) is 0 Å². The Morgan fingerprint density at radius 3 is 2.41 bits per heavy atom. The third-order valence-electron chi connectivity index (χ3n) is 5.46. The minimum atomic E-state index is -0.544. The van der Waals surface area contributed by atoms with Crippen molar-refractivity contribution in [2.45, 2.75) is 50.5 Å². The van der Waals surface area contributed by atoms with Crippen molar-refractivity contribution in [3.8, 4) is 5.75 Å². The molecule has 1 N–H and O–H groups in total. The molecule has 3 rings (SSSR count). The third-order valence-corrected chi connectivity index (χ3v) is 6.01. The number of rotatable bonds is 7. The van der Waals surface area contributed by atoms with E-state index in [0.29, 0.717) is 28.1 Å². The Kier molecular flexibility index (Phi) is 7.44. The van der Waals surface area contributed by atoms with Crippen molar-refractivity contribution < 1.29 is 14.3 Å². The van der Waals surface area contributed by atoms with Crippen LogP contribution in [0.4, 0.5) is 5.69 Å². The predicted octanol–water partition coefficient (Wildman–Crippen LogP) is 6.25. The smallest absolute Gasteiger partial charge is 0.235 e. The lowest BCUT2D eigenvalue weighted by molar-refractivity contribution is -0.122. The molecule has 29 heavy (non-hydrogen) atoms. The van der Waals surface area contributed by atoms with Crippen LogP contribution in [0, 0.1) is 0 Å². The fourth-order valence-corrected chi connectivity index (χ4v) is 4.33. The molecule has 2 aromatic carbocycles. The number of benzene rings is 2. The molecular weight excluding hydrogens is 409 g/mol. The van der Waals surface area contributed by atoms with Crippen LogP contribution >= 0.6 is 23.2 Å². The van der Waals surface area contributed by atoms with Crippen molar-refractivity contribution in [2.75, 3.05) is 19.0 Å². The van der Waals surface area contributed by atoms with Gasteiger partial charge in [0.25, 0.3) is 0 Å². The van der Waals surface area contributed by atoms with Gasteiger partial charge in [-0.2, -0.15) is 0 Å². The van der Waals surface area contributed by atoms with Crippen LogP contribution in [0.15, 0.2) is 42.5 Å². The minimum Gasteiger partial charge on any atom is -0.487 e. The molecule has 1 atom stereocenters. The van der Waals surface area contributed by atoms with Crippen LogP contribution in [0.5, 0.6) is 5.75 Å². The molecule has 1 aliphatic rings. The zero-order chi connectivity index (χ0) is 20.9. The lowest BCUT2D eigenvalue weighted by Gasteiger charge is -2.36. The Labute approximate surface area is 182 Å². The Morgan fingerprint density at radius 2 is 1.79 bits per heavy atom. The Balaban J connectivity index is 1.79. The summed E-state index contributed by atoms with van der Waals surface area (Å²) < 4.78 is 10.9. The van der Waals surface area contributed by atoms with Crippen LogP contribution in [0.1, 0.15) is 44.6 Å². The molecule has 0 radical (unpaired) electrons. The molecule has 0 unspecified atom stereocenters. The van der Waals surface area contributed by atoms with Crippen molar-refractivity contribution in [2.24, 2.45) is 0 Å². The van der Waals surface area contributed by atoms with Crippen LogP contribution in [0.25, 0.3) is 0 Å². The number of carbonyl (C=O) groups is 1. The van der Waals surface area contributed by atoms with Gasteiger partial charge in [0.15, 0.2) is 0 Å². The van der Waals surface area contributed by atoms with E-state index in [0.717, 1.165) is 37.7 Å². The average molecular weight is 436 g/mol. The highest BCUT2D eigenvalue weighted by Crippen LogP contribution is 2.41.